The third-order valence-electron chi connectivity index (χ3n) is 2.46. The Hall–Kier alpha value is -1.76. The molecule has 2 rings (SSSR count). The summed E-state index contributed by atoms with van der Waals surface area (Å²) in [6.07, 6.45) is 1.82. The summed E-state index contributed by atoms with van der Waals surface area (Å²) in [6, 6.07) is 18.5. The molecule has 2 aromatic carbocycles. The van der Waals surface area contributed by atoms with Crippen LogP contribution in [0.3, 0.4) is 0 Å². The molecule has 0 aliphatic heterocycles. The van der Waals surface area contributed by atoms with Gasteiger partial charge >= 0.3 is 0 Å². The van der Waals surface area contributed by atoms with Crippen molar-refractivity contribution < 1.29 is 5.11 Å². The molecule has 0 saturated heterocycles. The molecule has 0 unspecified atom stereocenters. The lowest BCUT2D eigenvalue weighted by atomic mass is 10.0. The fourth-order valence-electron chi connectivity index (χ4n) is 1.59. The molecule has 75 valence electrons. The Bertz CT molecular complexity index is 420. The Labute approximate surface area is 90.0 Å². The first-order valence-electron chi connectivity index (χ1n) is 5.08. The predicted octanol–water partition coefficient (Wildman–Crippen LogP) is 2.98. The lowest BCUT2D eigenvalue weighted by molar-refractivity contribution is 0.468. The second-order valence-electron chi connectivity index (χ2n) is 3.54. The first kappa shape index (κ1) is 9.78. The minimum atomic E-state index is 0.341. The van der Waals surface area contributed by atoms with Crippen molar-refractivity contribution in [2.75, 3.05) is 0 Å². The highest BCUT2D eigenvalue weighted by Gasteiger charge is 1.99. The minimum Gasteiger partial charge on any atom is -0.508 e. The highest BCUT2D eigenvalue weighted by atomic mass is 16.3. The molecule has 1 radical (unpaired) electrons. The number of hydrogen-bond donors (Lipinski definition) is 1. The average Bonchev–Trinajstić information content (AvgIpc) is 2.29. The number of hydrogen-bond acceptors (Lipinski definition) is 1. The maximum Gasteiger partial charge on any atom is 0.119 e. The molecule has 0 spiro atoms. The van der Waals surface area contributed by atoms with Crippen molar-refractivity contribution in [1.82, 2.24) is 0 Å². The number of phenols is 1. The number of phenolic OH excluding ortho intramolecular Hbond substituents is 1. The molecule has 15 heavy (non-hydrogen) atoms. The van der Waals surface area contributed by atoms with Gasteiger partial charge in [-0.05, 0) is 36.1 Å². The van der Waals surface area contributed by atoms with Gasteiger partial charge in [-0.15, -0.1) is 0 Å². The monoisotopic (exact) mass is 197 g/mol. The molecule has 1 N–H and O–H groups in total. The van der Waals surface area contributed by atoms with Crippen LogP contribution in [0.4, 0.5) is 0 Å². The van der Waals surface area contributed by atoms with Gasteiger partial charge in [0.05, 0.1) is 0 Å². The Morgan fingerprint density at radius 1 is 1.00 bits per heavy atom. The highest BCUT2D eigenvalue weighted by molar-refractivity contribution is 5.32. The van der Waals surface area contributed by atoms with E-state index in [2.05, 4.69) is 18.2 Å². The Kier molecular flexibility index (Phi) is 3.03. The van der Waals surface area contributed by atoms with Crippen LogP contribution in [0.25, 0.3) is 0 Å². The normalized spacial score (nSPS) is 10.1. The number of rotatable bonds is 3. The Balaban J connectivity index is 2.03. The average molecular weight is 197 g/mol. The van der Waals surface area contributed by atoms with Crippen molar-refractivity contribution in [3.8, 4) is 5.75 Å². The van der Waals surface area contributed by atoms with Crippen molar-refractivity contribution >= 4 is 0 Å². The van der Waals surface area contributed by atoms with Crippen LogP contribution < -0.4 is 0 Å². The molecule has 0 amide bonds. The van der Waals surface area contributed by atoms with Gasteiger partial charge in [0.15, 0.2) is 0 Å². The third-order valence-corrected chi connectivity index (χ3v) is 2.46. The van der Waals surface area contributed by atoms with Crippen LogP contribution >= 0.6 is 0 Å². The van der Waals surface area contributed by atoms with Crippen LogP contribution in [0.2, 0.25) is 0 Å². The van der Waals surface area contributed by atoms with E-state index in [4.69, 9.17) is 0 Å². The molecule has 0 aliphatic rings. The van der Waals surface area contributed by atoms with Gasteiger partial charge in [-0.2, -0.15) is 0 Å². The summed E-state index contributed by atoms with van der Waals surface area (Å²) in [6.45, 7) is 0. The van der Waals surface area contributed by atoms with Gasteiger partial charge in [0.2, 0.25) is 0 Å². The van der Waals surface area contributed by atoms with E-state index in [1.165, 1.54) is 5.56 Å². The van der Waals surface area contributed by atoms with Gasteiger partial charge < -0.3 is 5.11 Å². The Morgan fingerprint density at radius 2 is 1.80 bits per heavy atom. The first-order chi connectivity index (χ1) is 7.36. The van der Waals surface area contributed by atoms with Crippen LogP contribution in [0.5, 0.6) is 5.75 Å². The SMILES string of the molecule is Oc1c[c]ccc1CCc1ccccc1. The molecule has 2 aromatic rings. The predicted molar refractivity (Wildman–Crippen MR) is 60.8 cm³/mol. The first-order valence-corrected chi connectivity index (χ1v) is 5.08. The summed E-state index contributed by atoms with van der Waals surface area (Å²) in [5.74, 6) is 0.341. The molecule has 1 heteroatoms. The molecule has 0 aromatic heterocycles. The number of aryl methyl sites for hydroxylation is 2. The van der Waals surface area contributed by atoms with Gasteiger partial charge in [0.25, 0.3) is 0 Å². The smallest absolute Gasteiger partial charge is 0.119 e. The second-order valence-corrected chi connectivity index (χ2v) is 3.54. The lowest BCUT2D eigenvalue weighted by Gasteiger charge is -2.03. The summed E-state index contributed by atoms with van der Waals surface area (Å²) in [5, 5.41) is 9.56. The van der Waals surface area contributed by atoms with Crippen molar-refractivity contribution in [1.29, 1.82) is 0 Å². The van der Waals surface area contributed by atoms with Crippen molar-refractivity contribution in [2.45, 2.75) is 12.8 Å². The third kappa shape index (κ3) is 2.59. The molecule has 0 fully saturated rings. The summed E-state index contributed by atoms with van der Waals surface area (Å²) in [7, 11) is 0. The van der Waals surface area contributed by atoms with Crippen LogP contribution in [0, 0.1) is 6.07 Å². The number of aromatic hydroxyl groups is 1. The summed E-state index contributed by atoms with van der Waals surface area (Å²) >= 11 is 0. The van der Waals surface area contributed by atoms with Crippen molar-refractivity contribution in [2.24, 2.45) is 0 Å². The van der Waals surface area contributed by atoms with E-state index in [-0.39, 0.29) is 0 Å². The topological polar surface area (TPSA) is 20.2 Å². The molecular formula is C14H13O. The van der Waals surface area contributed by atoms with Crippen LogP contribution in [0.15, 0.2) is 48.5 Å². The fourth-order valence-corrected chi connectivity index (χ4v) is 1.59. The van der Waals surface area contributed by atoms with E-state index >= 15 is 0 Å². The summed E-state index contributed by atoms with van der Waals surface area (Å²) in [4.78, 5) is 0. The van der Waals surface area contributed by atoms with E-state index in [0.717, 1.165) is 18.4 Å². The van der Waals surface area contributed by atoms with E-state index in [1.54, 1.807) is 6.07 Å². The van der Waals surface area contributed by atoms with E-state index in [0.29, 0.717) is 5.75 Å². The molecule has 0 atom stereocenters. The van der Waals surface area contributed by atoms with E-state index in [1.807, 2.05) is 30.3 Å². The summed E-state index contributed by atoms with van der Waals surface area (Å²) < 4.78 is 0. The Morgan fingerprint density at radius 3 is 2.53 bits per heavy atom. The molecular weight excluding hydrogens is 184 g/mol. The zero-order valence-electron chi connectivity index (χ0n) is 8.48. The van der Waals surface area contributed by atoms with Gasteiger partial charge in [0.1, 0.15) is 5.75 Å². The zero-order valence-corrected chi connectivity index (χ0v) is 8.48. The molecule has 0 aliphatic carbocycles. The number of benzene rings is 2. The van der Waals surface area contributed by atoms with Gasteiger partial charge in [-0.3, -0.25) is 0 Å². The van der Waals surface area contributed by atoms with Crippen LogP contribution in [-0.2, 0) is 12.8 Å². The minimum absolute atomic E-state index is 0.341. The largest absolute Gasteiger partial charge is 0.508 e. The maximum absolute atomic E-state index is 9.56. The van der Waals surface area contributed by atoms with E-state index in [9.17, 15) is 5.11 Å². The van der Waals surface area contributed by atoms with Gasteiger partial charge in [-0.1, -0.05) is 42.5 Å². The van der Waals surface area contributed by atoms with E-state index < -0.39 is 0 Å². The summed E-state index contributed by atoms with van der Waals surface area (Å²) in [5.41, 5.74) is 2.28. The highest BCUT2D eigenvalue weighted by Crippen LogP contribution is 2.17. The maximum atomic E-state index is 9.56. The van der Waals surface area contributed by atoms with Gasteiger partial charge in [-0.25, -0.2) is 0 Å². The zero-order chi connectivity index (χ0) is 10.5. The van der Waals surface area contributed by atoms with Crippen LogP contribution in [-0.4, -0.2) is 5.11 Å². The molecule has 1 nitrogen and oxygen atoms in total. The molecule has 0 bridgehead atoms. The second kappa shape index (κ2) is 4.65. The standard InChI is InChI=1S/C14H13O/c15-14-9-5-4-8-13(14)11-10-12-6-2-1-3-7-12/h1-4,6-9,15H,10-11H2. The molecule has 0 saturated carbocycles. The lowest BCUT2D eigenvalue weighted by Crippen LogP contribution is -1.91. The van der Waals surface area contributed by atoms with Crippen molar-refractivity contribution in [3.05, 3.63) is 65.7 Å². The van der Waals surface area contributed by atoms with Gasteiger partial charge in [0, 0.05) is 0 Å². The van der Waals surface area contributed by atoms with Crippen molar-refractivity contribution in [3.63, 3.8) is 0 Å². The quantitative estimate of drug-likeness (QED) is 0.802. The van der Waals surface area contributed by atoms with Crippen LogP contribution in [0.1, 0.15) is 11.1 Å². The fraction of sp³-hybridized carbons (Fsp3) is 0.143. The molecule has 0 heterocycles.